The van der Waals surface area contributed by atoms with Gasteiger partial charge in [0.05, 0.1) is 0 Å². The van der Waals surface area contributed by atoms with Gasteiger partial charge in [-0.05, 0) is 62.9 Å². The molecule has 5 nitrogen and oxygen atoms in total. The first-order valence-corrected chi connectivity index (χ1v) is 8.30. The Morgan fingerprint density at radius 3 is 2.54 bits per heavy atom. The molecule has 1 heterocycles. The van der Waals surface area contributed by atoms with Gasteiger partial charge in [0.25, 0.3) is 5.91 Å². The number of nitrogens with zero attached hydrogens (tertiary/aromatic N) is 1. The number of hydrogen-bond donors (Lipinski definition) is 2. The molecule has 1 aliphatic heterocycles. The number of halogens is 1. The van der Waals surface area contributed by atoms with Gasteiger partial charge in [-0.1, -0.05) is 6.07 Å². The molecule has 2 N–H and O–H groups in total. The highest BCUT2D eigenvalue weighted by Crippen LogP contribution is 2.21. The van der Waals surface area contributed by atoms with E-state index in [4.69, 9.17) is 0 Å². The van der Waals surface area contributed by atoms with Gasteiger partial charge in [0, 0.05) is 31.8 Å². The lowest BCUT2D eigenvalue weighted by molar-refractivity contribution is -0.116. The quantitative estimate of drug-likeness (QED) is 0.855. The predicted molar refractivity (Wildman–Crippen MR) is 99.9 cm³/mol. The third-order valence-electron chi connectivity index (χ3n) is 4.40. The minimum absolute atomic E-state index is 0. The second-order valence-corrected chi connectivity index (χ2v) is 6.51. The Hall–Kier alpha value is -1.59. The number of aryl methyl sites for hydroxylation is 1. The summed E-state index contributed by atoms with van der Waals surface area (Å²) in [5.74, 6) is 0.612. The molecule has 1 aromatic rings. The molecule has 0 atom stereocenters. The lowest BCUT2D eigenvalue weighted by Gasteiger charge is -2.22. The van der Waals surface area contributed by atoms with E-state index in [1.165, 1.54) is 4.90 Å². The minimum Gasteiger partial charge on any atom is -0.345 e. The smallest absolute Gasteiger partial charge is 0.253 e. The van der Waals surface area contributed by atoms with Gasteiger partial charge < -0.3 is 15.5 Å². The van der Waals surface area contributed by atoms with Gasteiger partial charge >= 0.3 is 0 Å². The van der Waals surface area contributed by atoms with E-state index in [0.717, 1.165) is 43.6 Å². The lowest BCUT2D eigenvalue weighted by Crippen LogP contribution is -2.28. The summed E-state index contributed by atoms with van der Waals surface area (Å²) < 4.78 is 0. The molecular formula is C18H28ClN3O2. The van der Waals surface area contributed by atoms with Crippen LogP contribution in [0.2, 0.25) is 0 Å². The number of amides is 2. The van der Waals surface area contributed by atoms with Gasteiger partial charge in [-0.25, -0.2) is 0 Å². The lowest BCUT2D eigenvalue weighted by atomic mass is 9.93. The molecule has 0 aliphatic carbocycles. The average molecular weight is 354 g/mol. The van der Waals surface area contributed by atoms with Crippen molar-refractivity contribution < 1.29 is 9.59 Å². The Bertz CT molecular complexity index is 569. The highest BCUT2D eigenvalue weighted by molar-refractivity contribution is 5.97. The van der Waals surface area contributed by atoms with E-state index in [9.17, 15) is 9.59 Å². The zero-order valence-electron chi connectivity index (χ0n) is 14.7. The molecule has 2 amide bonds. The van der Waals surface area contributed by atoms with E-state index < -0.39 is 0 Å². The van der Waals surface area contributed by atoms with Crippen LogP contribution in [0, 0.1) is 12.8 Å². The van der Waals surface area contributed by atoms with Crippen LogP contribution in [0.5, 0.6) is 0 Å². The molecule has 0 radical (unpaired) electrons. The summed E-state index contributed by atoms with van der Waals surface area (Å²) in [6.45, 7) is 4.05. The maximum atomic E-state index is 12.2. The largest absolute Gasteiger partial charge is 0.345 e. The fourth-order valence-corrected chi connectivity index (χ4v) is 2.87. The summed E-state index contributed by atoms with van der Waals surface area (Å²) in [6, 6.07) is 5.43. The van der Waals surface area contributed by atoms with Crippen molar-refractivity contribution in [2.45, 2.75) is 32.6 Å². The fraction of sp³-hybridized carbons (Fsp3) is 0.556. The average Bonchev–Trinajstić information content (AvgIpc) is 2.55. The number of carbonyl (C=O) groups is 2. The van der Waals surface area contributed by atoms with E-state index >= 15 is 0 Å². The summed E-state index contributed by atoms with van der Waals surface area (Å²) in [6.07, 6.45) is 3.77. The number of rotatable bonds is 5. The van der Waals surface area contributed by atoms with Crippen molar-refractivity contribution in [1.29, 1.82) is 0 Å². The van der Waals surface area contributed by atoms with E-state index in [1.54, 1.807) is 26.2 Å². The van der Waals surface area contributed by atoms with Crippen LogP contribution < -0.4 is 10.6 Å². The third-order valence-corrected chi connectivity index (χ3v) is 4.40. The molecule has 1 saturated heterocycles. The van der Waals surface area contributed by atoms with Crippen molar-refractivity contribution in [1.82, 2.24) is 10.2 Å². The molecular weight excluding hydrogens is 326 g/mol. The van der Waals surface area contributed by atoms with Crippen LogP contribution in [0.1, 0.15) is 41.6 Å². The van der Waals surface area contributed by atoms with Crippen LogP contribution in [0.15, 0.2) is 18.2 Å². The van der Waals surface area contributed by atoms with Gasteiger partial charge in [0.1, 0.15) is 0 Å². The zero-order valence-corrected chi connectivity index (χ0v) is 15.5. The first kappa shape index (κ1) is 20.5. The summed E-state index contributed by atoms with van der Waals surface area (Å²) in [5.41, 5.74) is 2.29. The molecule has 6 heteroatoms. The third kappa shape index (κ3) is 5.80. The fourth-order valence-electron chi connectivity index (χ4n) is 2.87. The first-order chi connectivity index (χ1) is 11.0. The van der Waals surface area contributed by atoms with Gasteiger partial charge in [-0.3, -0.25) is 9.59 Å². The molecule has 24 heavy (non-hydrogen) atoms. The number of hydrogen-bond acceptors (Lipinski definition) is 3. The monoisotopic (exact) mass is 353 g/mol. The number of nitrogens with one attached hydrogen (secondary N) is 2. The highest BCUT2D eigenvalue weighted by Gasteiger charge is 2.15. The molecule has 0 unspecified atom stereocenters. The van der Waals surface area contributed by atoms with Crippen LogP contribution in [-0.4, -0.2) is 43.9 Å². The first-order valence-electron chi connectivity index (χ1n) is 8.30. The summed E-state index contributed by atoms with van der Waals surface area (Å²) >= 11 is 0. The van der Waals surface area contributed by atoms with Gasteiger partial charge in [0.2, 0.25) is 5.91 Å². The standard InChI is InChI=1S/C18H27N3O2.ClH/c1-13-4-6-15(18(23)21(2)3)12-16(13)20-17(22)7-5-14-8-10-19-11-9-14;/h4,6,12,14,19H,5,7-11H2,1-3H3,(H,20,22);1H. The van der Waals surface area contributed by atoms with Crippen molar-refractivity contribution in [3.63, 3.8) is 0 Å². The molecule has 2 rings (SSSR count). The molecule has 0 saturated carbocycles. The van der Waals surface area contributed by atoms with Crippen molar-refractivity contribution in [3.8, 4) is 0 Å². The molecule has 1 aromatic carbocycles. The normalized spacial score (nSPS) is 14.6. The Balaban J connectivity index is 0.00000288. The SMILES string of the molecule is Cc1ccc(C(=O)N(C)C)cc1NC(=O)CCC1CCNCC1.Cl. The van der Waals surface area contributed by atoms with Crippen molar-refractivity contribution in [2.24, 2.45) is 5.92 Å². The van der Waals surface area contributed by atoms with Crippen molar-refractivity contribution in [2.75, 3.05) is 32.5 Å². The number of piperidine rings is 1. The Morgan fingerprint density at radius 1 is 1.25 bits per heavy atom. The summed E-state index contributed by atoms with van der Waals surface area (Å²) in [7, 11) is 3.44. The Labute approximate surface area is 150 Å². The van der Waals surface area contributed by atoms with E-state index in [-0.39, 0.29) is 24.2 Å². The molecule has 0 aromatic heterocycles. The number of carbonyl (C=O) groups excluding carboxylic acids is 2. The maximum Gasteiger partial charge on any atom is 0.253 e. The number of anilines is 1. The van der Waals surface area contributed by atoms with Crippen LogP contribution in [0.25, 0.3) is 0 Å². The van der Waals surface area contributed by atoms with E-state index in [0.29, 0.717) is 17.9 Å². The molecule has 1 fully saturated rings. The van der Waals surface area contributed by atoms with Crippen molar-refractivity contribution in [3.05, 3.63) is 29.3 Å². The minimum atomic E-state index is -0.0600. The molecule has 0 bridgehead atoms. The van der Waals surface area contributed by atoms with Crippen molar-refractivity contribution >= 4 is 29.9 Å². The second kappa shape index (κ2) is 9.64. The predicted octanol–water partition coefficient (Wildman–Crippen LogP) is 2.84. The van der Waals surface area contributed by atoms with Gasteiger partial charge in [-0.15, -0.1) is 12.4 Å². The molecule has 0 spiro atoms. The summed E-state index contributed by atoms with van der Waals surface area (Å²) in [5, 5.41) is 6.30. The zero-order chi connectivity index (χ0) is 16.8. The molecule has 134 valence electrons. The summed E-state index contributed by atoms with van der Waals surface area (Å²) in [4.78, 5) is 25.8. The molecule has 1 aliphatic rings. The van der Waals surface area contributed by atoms with E-state index in [2.05, 4.69) is 10.6 Å². The van der Waals surface area contributed by atoms with Gasteiger partial charge in [0.15, 0.2) is 0 Å². The second-order valence-electron chi connectivity index (χ2n) is 6.51. The number of benzene rings is 1. The highest BCUT2D eigenvalue weighted by atomic mass is 35.5. The Kier molecular flexibility index (Phi) is 8.22. The maximum absolute atomic E-state index is 12.2. The van der Waals surface area contributed by atoms with Crippen LogP contribution in [-0.2, 0) is 4.79 Å². The van der Waals surface area contributed by atoms with Crippen LogP contribution >= 0.6 is 12.4 Å². The Morgan fingerprint density at radius 2 is 1.92 bits per heavy atom. The van der Waals surface area contributed by atoms with Gasteiger partial charge in [-0.2, -0.15) is 0 Å². The van der Waals surface area contributed by atoms with Crippen LogP contribution in [0.4, 0.5) is 5.69 Å². The van der Waals surface area contributed by atoms with Crippen LogP contribution in [0.3, 0.4) is 0 Å². The topological polar surface area (TPSA) is 61.4 Å². The van der Waals surface area contributed by atoms with E-state index in [1.807, 2.05) is 13.0 Å².